The third-order valence-electron chi connectivity index (χ3n) is 5.61. The smallest absolute Gasteiger partial charge is 0.243 e. The molecule has 0 atom stereocenters. The normalized spacial score (nSPS) is 14.9. The fourth-order valence-electron chi connectivity index (χ4n) is 3.83. The number of sulfonamides is 1. The summed E-state index contributed by atoms with van der Waals surface area (Å²) in [6, 6.07) is 10.4. The van der Waals surface area contributed by atoms with Gasteiger partial charge in [-0.25, -0.2) is 8.42 Å². The Bertz CT molecular complexity index is 1370. The van der Waals surface area contributed by atoms with Crippen LogP contribution in [0.5, 0.6) is 5.75 Å². The van der Waals surface area contributed by atoms with Crippen LogP contribution >= 0.6 is 23.8 Å². The number of morpholine rings is 1. The number of methoxy groups -OCH3 is 1. The van der Waals surface area contributed by atoms with Crippen LogP contribution in [-0.4, -0.2) is 62.0 Å². The first-order valence-corrected chi connectivity index (χ1v) is 13.2. The van der Waals surface area contributed by atoms with E-state index in [1.165, 1.54) is 4.31 Å². The summed E-state index contributed by atoms with van der Waals surface area (Å²) in [6.07, 6.45) is 3.55. The summed E-state index contributed by atoms with van der Waals surface area (Å²) in [7, 11) is -2.06. The van der Waals surface area contributed by atoms with Gasteiger partial charge in [-0.05, 0) is 55.5 Å². The highest BCUT2D eigenvalue weighted by atomic mass is 35.5. The Morgan fingerprint density at radius 2 is 2.03 bits per heavy atom. The van der Waals surface area contributed by atoms with E-state index in [1.807, 2.05) is 23.8 Å². The van der Waals surface area contributed by atoms with Crippen molar-refractivity contribution in [3.8, 4) is 5.75 Å². The molecule has 12 heteroatoms. The number of anilines is 1. The molecule has 4 rings (SSSR count). The number of ether oxygens (including phenoxy) is 2. The SMILES string of the molecule is CCn1cc(C=NNC(=S)Nc2ccc(OC)c(Cl)c2)c2cc(S(=O)(=O)N3CCOCC3)ccc21. The molecule has 0 spiro atoms. The van der Waals surface area contributed by atoms with Crippen molar-refractivity contribution < 1.29 is 17.9 Å². The first-order chi connectivity index (χ1) is 16.8. The molecule has 9 nitrogen and oxygen atoms in total. The number of aryl methyl sites for hydroxylation is 1. The van der Waals surface area contributed by atoms with E-state index in [1.54, 1.807) is 43.7 Å². The molecule has 2 heterocycles. The van der Waals surface area contributed by atoms with Crippen LogP contribution in [0, 0.1) is 0 Å². The fraction of sp³-hybridized carbons (Fsp3) is 0.304. The minimum atomic E-state index is -3.61. The third kappa shape index (κ3) is 5.60. The number of nitrogens with one attached hydrogen (secondary N) is 2. The number of hydrazone groups is 1. The molecule has 1 aliphatic rings. The average Bonchev–Trinajstić information content (AvgIpc) is 3.22. The summed E-state index contributed by atoms with van der Waals surface area (Å²) < 4.78 is 40.2. The van der Waals surface area contributed by atoms with Crippen molar-refractivity contribution in [3.63, 3.8) is 0 Å². The molecule has 0 unspecified atom stereocenters. The van der Waals surface area contributed by atoms with Gasteiger partial charge in [0.1, 0.15) is 5.75 Å². The van der Waals surface area contributed by atoms with Gasteiger partial charge >= 0.3 is 0 Å². The lowest BCUT2D eigenvalue weighted by Gasteiger charge is -2.26. The fourth-order valence-corrected chi connectivity index (χ4v) is 5.69. The van der Waals surface area contributed by atoms with Crippen molar-refractivity contribution in [1.29, 1.82) is 0 Å². The average molecular weight is 536 g/mol. The maximum atomic E-state index is 13.1. The Balaban J connectivity index is 1.53. The van der Waals surface area contributed by atoms with Crippen LogP contribution in [-0.2, 0) is 21.3 Å². The second-order valence-corrected chi connectivity index (χ2v) is 10.5. The van der Waals surface area contributed by atoms with Crippen LogP contribution < -0.4 is 15.5 Å². The largest absolute Gasteiger partial charge is 0.495 e. The number of fused-ring (bicyclic) bond motifs is 1. The number of hydrogen-bond acceptors (Lipinski definition) is 6. The number of aromatic nitrogens is 1. The molecule has 2 aromatic carbocycles. The Kier molecular flexibility index (Phi) is 7.92. The van der Waals surface area contributed by atoms with E-state index >= 15 is 0 Å². The van der Waals surface area contributed by atoms with Crippen molar-refractivity contribution in [2.45, 2.75) is 18.4 Å². The summed E-state index contributed by atoms with van der Waals surface area (Å²) in [4.78, 5) is 0.247. The highest BCUT2D eigenvalue weighted by Gasteiger charge is 2.27. The van der Waals surface area contributed by atoms with Gasteiger partial charge in [-0.15, -0.1) is 0 Å². The maximum absolute atomic E-state index is 13.1. The van der Waals surface area contributed by atoms with Crippen LogP contribution in [0.25, 0.3) is 10.9 Å². The molecule has 0 aliphatic carbocycles. The zero-order valence-corrected chi connectivity index (χ0v) is 21.7. The highest BCUT2D eigenvalue weighted by molar-refractivity contribution is 7.89. The minimum absolute atomic E-state index is 0.247. The van der Waals surface area contributed by atoms with Crippen molar-refractivity contribution in [3.05, 3.63) is 53.2 Å². The molecule has 1 aromatic heterocycles. The molecule has 1 aliphatic heterocycles. The topological polar surface area (TPSA) is 97.2 Å². The monoisotopic (exact) mass is 535 g/mol. The third-order valence-corrected chi connectivity index (χ3v) is 7.99. The lowest BCUT2D eigenvalue weighted by atomic mass is 10.2. The van der Waals surface area contributed by atoms with Gasteiger partial charge < -0.3 is 19.4 Å². The molecule has 0 radical (unpaired) electrons. The van der Waals surface area contributed by atoms with Crippen LogP contribution in [0.1, 0.15) is 12.5 Å². The predicted octanol–water partition coefficient (Wildman–Crippen LogP) is 3.66. The number of benzene rings is 2. The summed E-state index contributed by atoms with van der Waals surface area (Å²) in [5.41, 5.74) is 5.15. The first kappa shape index (κ1) is 25.4. The predicted molar refractivity (Wildman–Crippen MR) is 142 cm³/mol. The van der Waals surface area contributed by atoms with Crippen molar-refractivity contribution in [2.75, 3.05) is 38.7 Å². The number of hydrogen-bond donors (Lipinski definition) is 2. The molecule has 1 fully saturated rings. The van der Waals surface area contributed by atoms with E-state index in [2.05, 4.69) is 15.8 Å². The van der Waals surface area contributed by atoms with E-state index in [4.69, 9.17) is 33.3 Å². The second-order valence-electron chi connectivity index (χ2n) is 7.74. The molecular formula is C23H26ClN5O4S2. The minimum Gasteiger partial charge on any atom is -0.495 e. The molecule has 1 saturated heterocycles. The number of nitrogens with zero attached hydrogens (tertiary/aromatic N) is 3. The quantitative estimate of drug-likeness (QED) is 0.271. The molecule has 2 N–H and O–H groups in total. The van der Waals surface area contributed by atoms with Crippen molar-refractivity contribution >= 4 is 61.8 Å². The molecule has 0 amide bonds. The lowest BCUT2D eigenvalue weighted by molar-refractivity contribution is 0.0730. The molecule has 186 valence electrons. The zero-order chi connectivity index (χ0) is 25.0. The van der Waals surface area contributed by atoms with E-state index in [9.17, 15) is 8.42 Å². The molecule has 0 saturated carbocycles. The number of halogens is 1. The van der Waals surface area contributed by atoms with Gasteiger partial charge in [0.25, 0.3) is 0 Å². The van der Waals surface area contributed by atoms with Gasteiger partial charge in [-0.2, -0.15) is 9.41 Å². The van der Waals surface area contributed by atoms with Crippen LogP contribution in [0.15, 0.2) is 52.6 Å². The first-order valence-electron chi connectivity index (χ1n) is 11.0. The van der Waals surface area contributed by atoms with E-state index in [0.717, 1.165) is 23.0 Å². The highest BCUT2D eigenvalue weighted by Crippen LogP contribution is 2.28. The van der Waals surface area contributed by atoms with E-state index in [-0.39, 0.29) is 10.0 Å². The zero-order valence-electron chi connectivity index (χ0n) is 19.3. The summed E-state index contributed by atoms with van der Waals surface area (Å²) in [5, 5.41) is 8.77. The maximum Gasteiger partial charge on any atom is 0.243 e. The van der Waals surface area contributed by atoms with Gasteiger partial charge in [-0.1, -0.05) is 11.6 Å². The number of thiocarbonyl (C=S) groups is 1. The second kappa shape index (κ2) is 10.9. The Morgan fingerprint density at radius 3 is 2.71 bits per heavy atom. The van der Waals surface area contributed by atoms with Crippen LogP contribution in [0.4, 0.5) is 5.69 Å². The summed E-state index contributed by atoms with van der Waals surface area (Å²) in [5.74, 6) is 0.566. The molecule has 3 aromatic rings. The Morgan fingerprint density at radius 1 is 1.26 bits per heavy atom. The summed E-state index contributed by atoms with van der Waals surface area (Å²) in [6.45, 7) is 4.24. The van der Waals surface area contributed by atoms with Crippen LogP contribution in [0.3, 0.4) is 0 Å². The van der Waals surface area contributed by atoms with Gasteiger partial charge in [0.2, 0.25) is 10.0 Å². The van der Waals surface area contributed by atoms with E-state index in [0.29, 0.717) is 42.8 Å². The Labute approximate surface area is 214 Å². The van der Waals surface area contributed by atoms with Gasteiger partial charge in [0.05, 0.1) is 36.5 Å². The molecule has 0 bridgehead atoms. The summed E-state index contributed by atoms with van der Waals surface area (Å²) >= 11 is 11.5. The standard InChI is InChI=1S/C23H26ClN5O4S2/c1-3-28-15-16(14-25-27-23(34)26-17-4-7-22(32-2)20(24)12-17)19-13-18(5-6-21(19)28)35(30,31)29-8-10-33-11-9-29/h4-7,12-15H,3,8-11H2,1-2H3,(H2,26,27,34). The van der Waals surface area contributed by atoms with Crippen LogP contribution in [0.2, 0.25) is 5.02 Å². The Hall–Kier alpha value is -2.70. The van der Waals surface area contributed by atoms with E-state index < -0.39 is 10.0 Å². The lowest BCUT2D eigenvalue weighted by Crippen LogP contribution is -2.40. The van der Waals surface area contributed by atoms with Crippen molar-refractivity contribution in [1.82, 2.24) is 14.3 Å². The van der Waals surface area contributed by atoms with Gasteiger partial charge in [0, 0.05) is 48.0 Å². The van der Waals surface area contributed by atoms with Gasteiger partial charge in [0.15, 0.2) is 5.11 Å². The number of rotatable bonds is 7. The van der Waals surface area contributed by atoms with Crippen molar-refractivity contribution in [2.24, 2.45) is 5.10 Å². The van der Waals surface area contributed by atoms with Gasteiger partial charge in [-0.3, -0.25) is 5.43 Å². The molecular weight excluding hydrogens is 510 g/mol. The molecule has 35 heavy (non-hydrogen) atoms.